The minimum atomic E-state index is -0.959. The number of rotatable bonds is 7. The van der Waals surface area contributed by atoms with E-state index in [9.17, 15) is 9.59 Å². The van der Waals surface area contributed by atoms with Crippen LogP contribution in [0.5, 0.6) is 0 Å². The first-order valence-corrected chi connectivity index (χ1v) is 9.19. The SMILES string of the molecule is C=CCOC(=O)C(NC(=O)OC(C)(C)C)C(c1ccccc1)c1ccccc1. The first-order valence-electron chi connectivity index (χ1n) is 9.19. The molecule has 148 valence electrons. The van der Waals surface area contributed by atoms with Crippen molar-refractivity contribution in [3.05, 3.63) is 84.4 Å². The van der Waals surface area contributed by atoms with Crippen LogP contribution in [0.4, 0.5) is 4.79 Å². The second-order valence-corrected chi connectivity index (χ2v) is 7.34. The van der Waals surface area contributed by atoms with Gasteiger partial charge in [-0.3, -0.25) is 0 Å². The average Bonchev–Trinajstić information content (AvgIpc) is 2.66. The molecule has 5 nitrogen and oxygen atoms in total. The van der Waals surface area contributed by atoms with Gasteiger partial charge >= 0.3 is 12.1 Å². The summed E-state index contributed by atoms with van der Waals surface area (Å²) in [5.74, 6) is -0.990. The Hall–Kier alpha value is -3.08. The molecule has 0 aromatic heterocycles. The van der Waals surface area contributed by atoms with Gasteiger partial charge in [-0.05, 0) is 31.9 Å². The lowest BCUT2D eigenvalue weighted by Crippen LogP contribution is -2.48. The second kappa shape index (κ2) is 9.74. The van der Waals surface area contributed by atoms with Crippen molar-refractivity contribution in [3.8, 4) is 0 Å². The molecule has 1 atom stereocenters. The van der Waals surface area contributed by atoms with Crippen LogP contribution >= 0.6 is 0 Å². The highest BCUT2D eigenvalue weighted by Gasteiger charge is 2.34. The van der Waals surface area contributed by atoms with Gasteiger partial charge in [-0.25, -0.2) is 9.59 Å². The number of carbonyl (C=O) groups excluding carboxylic acids is 2. The van der Waals surface area contributed by atoms with Crippen LogP contribution < -0.4 is 5.32 Å². The van der Waals surface area contributed by atoms with Crippen molar-refractivity contribution in [2.24, 2.45) is 0 Å². The Bertz CT molecular complexity index is 742. The van der Waals surface area contributed by atoms with Gasteiger partial charge in [0.1, 0.15) is 18.2 Å². The summed E-state index contributed by atoms with van der Waals surface area (Å²) in [4.78, 5) is 25.3. The summed E-state index contributed by atoms with van der Waals surface area (Å²) in [7, 11) is 0. The predicted octanol–water partition coefficient (Wildman–Crippen LogP) is 4.44. The smallest absolute Gasteiger partial charge is 0.408 e. The third-order valence-electron chi connectivity index (χ3n) is 3.92. The molecule has 0 saturated heterocycles. The lowest BCUT2D eigenvalue weighted by molar-refractivity contribution is -0.145. The molecule has 0 radical (unpaired) electrons. The number of hydrogen-bond donors (Lipinski definition) is 1. The molecule has 0 fully saturated rings. The number of benzene rings is 2. The van der Waals surface area contributed by atoms with E-state index in [1.807, 2.05) is 60.7 Å². The van der Waals surface area contributed by atoms with Crippen molar-refractivity contribution in [1.82, 2.24) is 5.32 Å². The molecule has 0 aliphatic heterocycles. The molecule has 0 aliphatic carbocycles. The Labute approximate surface area is 166 Å². The van der Waals surface area contributed by atoms with Crippen LogP contribution in [0.1, 0.15) is 37.8 Å². The van der Waals surface area contributed by atoms with E-state index in [0.717, 1.165) is 11.1 Å². The highest BCUT2D eigenvalue weighted by atomic mass is 16.6. The molecule has 0 aliphatic rings. The maximum absolute atomic E-state index is 12.9. The predicted molar refractivity (Wildman–Crippen MR) is 109 cm³/mol. The summed E-state index contributed by atoms with van der Waals surface area (Å²) < 4.78 is 10.6. The minimum absolute atomic E-state index is 0.0572. The largest absolute Gasteiger partial charge is 0.460 e. The van der Waals surface area contributed by atoms with Crippen LogP contribution in [0.25, 0.3) is 0 Å². The number of amides is 1. The van der Waals surface area contributed by atoms with E-state index in [2.05, 4.69) is 11.9 Å². The molecule has 2 rings (SSSR count). The van der Waals surface area contributed by atoms with Crippen LogP contribution in [-0.4, -0.2) is 30.3 Å². The van der Waals surface area contributed by atoms with Crippen LogP contribution in [-0.2, 0) is 14.3 Å². The van der Waals surface area contributed by atoms with Crippen molar-refractivity contribution < 1.29 is 19.1 Å². The quantitative estimate of drug-likeness (QED) is 0.569. The van der Waals surface area contributed by atoms with E-state index in [0.29, 0.717) is 0 Å². The van der Waals surface area contributed by atoms with Gasteiger partial charge in [-0.15, -0.1) is 0 Å². The summed E-state index contributed by atoms with van der Waals surface area (Å²) in [5.41, 5.74) is 1.07. The lowest BCUT2D eigenvalue weighted by Gasteiger charge is -2.28. The summed E-state index contributed by atoms with van der Waals surface area (Å²) in [5, 5.41) is 2.71. The first kappa shape index (κ1) is 21.2. The van der Waals surface area contributed by atoms with Gasteiger partial charge in [0.15, 0.2) is 0 Å². The molecule has 2 aromatic carbocycles. The molecular weight excluding hydrogens is 354 g/mol. The average molecular weight is 381 g/mol. The van der Waals surface area contributed by atoms with Gasteiger partial charge in [0.2, 0.25) is 0 Å². The highest BCUT2D eigenvalue weighted by Crippen LogP contribution is 2.29. The summed E-state index contributed by atoms with van der Waals surface area (Å²) in [6.45, 7) is 8.93. The van der Waals surface area contributed by atoms with Gasteiger partial charge in [-0.1, -0.05) is 73.3 Å². The second-order valence-electron chi connectivity index (χ2n) is 7.34. The normalized spacial score (nSPS) is 12.1. The summed E-state index contributed by atoms with van der Waals surface area (Å²) >= 11 is 0. The fraction of sp³-hybridized carbons (Fsp3) is 0.304. The van der Waals surface area contributed by atoms with E-state index in [1.165, 1.54) is 6.08 Å². The molecular formula is C23H27NO4. The zero-order valence-corrected chi connectivity index (χ0v) is 16.6. The molecule has 0 bridgehead atoms. The Balaban J connectivity index is 2.44. The summed E-state index contributed by atoms with van der Waals surface area (Å²) in [6.07, 6.45) is 0.813. The lowest BCUT2D eigenvalue weighted by atomic mass is 9.85. The maximum atomic E-state index is 12.9. The molecule has 0 saturated carbocycles. The third-order valence-corrected chi connectivity index (χ3v) is 3.92. The molecule has 5 heteroatoms. The third kappa shape index (κ3) is 6.27. The standard InChI is InChI=1S/C23H27NO4/c1-5-16-27-21(25)20(24-22(26)28-23(2,3)4)19(17-12-8-6-9-13-17)18-14-10-7-11-15-18/h5-15,19-20H,1,16H2,2-4H3,(H,24,26). The number of alkyl carbamates (subject to hydrolysis) is 1. The Morgan fingerprint density at radius 1 is 1.00 bits per heavy atom. The van der Waals surface area contributed by atoms with Crippen LogP contribution in [0.2, 0.25) is 0 Å². The minimum Gasteiger partial charge on any atom is -0.460 e. The molecule has 2 aromatic rings. The molecule has 0 spiro atoms. The Morgan fingerprint density at radius 2 is 1.50 bits per heavy atom. The van der Waals surface area contributed by atoms with Crippen LogP contribution in [0.3, 0.4) is 0 Å². The van der Waals surface area contributed by atoms with E-state index >= 15 is 0 Å². The zero-order valence-electron chi connectivity index (χ0n) is 16.6. The van der Waals surface area contributed by atoms with E-state index in [1.54, 1.807) is 20.8 Å². The monoisotopic (exact) mass is 381 g/mol. The van der Waals surface area contributed by atoms with Crippen molar-refractivity contribution in [1.29, 1.82) is 0 Å². The van der Waals surface area contributed by atoms with Gasteiger partial charge < -0.3 is 14.8 Å². The molecule has 1 amide bonds. The van der Waals surface area contributed by atoms with Gasteiger partial charge in [0.05, 0.1) is 0 Å². The molecule has 1 N–H and O–H groups in total. The number of nitrogens with one attached hydrogen (secondary N) is 1. The van der Waals surface area contributed by atoms with E-state index in [4.69, 9.17) is 9.47 Å². The van der Waals surface area contributed by atoms with Crippen molar-refractivity contribution in [2.45, 2.75) is 38.3 Å². The molecule has 28 heavy (non-hydrogen) atoms. The number of carbonyl (C=O) groups is 2. The van der Waals surface area contributed by atoms with Crippen LogP contribution in [0.15, 0.2) is 73.3 Å². The summed E-state index contributed by atoms with van der Waals surface area (Å²) in [6, 6.07) is 18.1. The highest BCUT2D eigenvalue weighted by molar-refractivity contribution is 5.83. The maximum Gasteiger partial charge on any atom is 0.408 e. The van der Waals surface area contributed by atoms with Crippen LogP contribution in [0, 0.1) is 0 Å². The van der Waals surface area contributed by atoms with Crippen molar-refractivity contribution in [3.63, 3.8) is 0 Å². The topological polar surface area (TPSA) is 64.6 Å². The Kier molecular flexibility index (Phi) is 7.38. The van der Waals surface area contributed by atoms with E-state index < -0.39 is 29.6 Å². The van der Waals surface area contributed by atoms with Gasteiger partial charge in [-0.2, -0.15) is 0 Å². The first-order chi connectivity index (χ1) is 13.3. The molecule has 1 unspecified atom stereocenters. The number of ether oxygens (including phenoxy) is 2. The number of esters is 1. The van der Waals surface area contributed by atoms with E-state index in [-0.39, 0.29) is 6.61 Å². The van der Waals surface area contributed by atoms with Gasteiger partial charge in [0, 0.05) is 5.92 Å². The molecule has 0 heterocycles. The Morgan fingerprint density at radius 3 is 1.93 bits per heavy atom. The van der Waals surface area contributed by atoms with Crippen molar-refractivity contribution in [2.75, 3.05) is 6.61 Å². The zero-order chi connectivity index (χ0) is 20.6. The van der Waals surface area contributed by atoms with Gasteiger partial charge in [0.25, 0.3) is 0 Å². The fourth-order valence-electron chi connectivity index (χ4n) is 2.84. The van der Waals surface area contributed by atoms with Crippen molar-refractivity contribution >= 4 is 12.1 Å². The fourth-order valence-corrected chi connectivity index (χ4v) is 2.84. The number of hydrogen-bond acceptors (Lipinski definition) is 4.